The normalized spacial score (nSPS) is 14.6. The summed E-state index contributed by atoms with van der Waals surface area (Å²) in [4.78, 5) is 31.5. The summed E-state index contributed by atoms with van der Waals surface area (Å²) in [6, 6.07) is 15.5. The Kier molecular flexibility index (Phi) is 7.88. The number of fused-ring (bicyclic) bond motifs is 2. The molecule has 5 aromatic rings. The Hall–Kier alpha value is -4.67. The highest BCUT2D eigenvalue weighted by molar-refractivity contribution is 7.18. The number of carbonyl (C=O) groups is 2. The van der Waals surface area contributed by atoms with Crippen molar-refractivity contribution in [3.8, 4) is 16.9 Å². The molecule has 0 unspecified atom stereocenters. The van der Waals surface area contributed by atoms with Crippen molar-refractivity contribution >= 4 is 61.7 Å². The van der Waals surface area contributed by atoms with E-state index in [9.17, 15) is 9.59 Å². The highest BCUT2D eigenvalue weighted by Crippen LogP contribution is 2.41. The van der Waals surface area contributed by atoms with Crippen LogP contribution in [0.25, 0.3) is 38.2 Å². The second-order valence-electron chi connectivity index (χ2n) is 10.8. The Labute approximate surface area is 253 Å². The number of likely N-dealkylation sites (tertiary alicyclic amines) is 1. The highest BCUT2D eigenvalue weighted by Gasteiger charge is 2.22. The first-order chi connectivity index (χ1) is 20.8. The molecule has 0 aliphatic carbocycles. The number of para-hydroxylation sites is 1. The highest BCUT2D eigenvalue weighted by atomic mass is 32.1. The smallest absolute Gasteiger partial charge is 0.272 e. The average Bonchev–Trinajstić information content (AvgIpc) is 3.61. The van der Waals surface area contributed by atoms with Gasteiger partial charge in [-0.25, -0.2) is 4.98 Å². The lowest BCUT2D eigenvalue weighted by atomic mass is 9.96. The lowest BCUT2D eigenvalue weighted by Gasteiger charge is -2.29. The summed E-state index contributed by atoms with van der Waals surface area (Å²) in [6.07, 6.45) is 7.63. The number of aromatic nitrogens is 2. The molecule has 220 valence electrons. The number of nitrogen functional groups attached to an aromatic ring is 1. The number of nitrogens with two attached hydrogens (primary N) is 2. The number of carbonyl (C=O) groups excluding carboxylic acids is 2. The number of hydrogen-bond donors (Lipinski definition) is 3. The van der Waals surface area contributed by atoms with E-state index in [-0.39, 0.29) is 17.7 Å². The minimum Gasteiger partial charge on any atom is -0.495 e. The lowest BCUT2D eigenvalue weighted by Crippen LogP contribution is -2.38. The molecular weight excluding hydrogens is 560 g/mol. The molecule has 0 bridgehead atoms. The summed E-state index contributed by atoms with van der Waals surface area (Å²) in [5, 5.41) is 6.99. The second-order valence-corrected chi connectivity index (χ2v) is 11.7. The topological polar surface area (TPSA) is 128 Å². The molecule has 5 N–H and O–H groups in total. The number of aryl methyl sites for hydroxylation is 1. The molecule has 1 saturated heterocycles. The first-order valence-corrected chi connectivity index (χ1v) is 15.1. The number of nitrogens with zero attached hydrogens (tertiary/aromatic N) is 3. The van der Waals surface area contributed by atoms with E-state index in [0.29, 0.717) is 22.9 Å². The predicted octanol–water partition coefficient (Wildman–Crippen LogP) is 5.51. The fraction of sp³-hybridized carbons (Fsp3) is 0.242. The van der Waals surface area contributed by atoms with Crippen LogP contribution in [0.1, 0.15) is 28.9 Å². The number of hydrogen-bond acceptors (Lipinski definition) is 7. The van der Waals surface area contributed by atoms with Crippen molar-refractivity contribution in [3.05, 3.63) is 77.4 Å². The Morgan fingerprint density at radius 3 is 2.70 bits per heavy atom. The summed E-state index contributed by atoms with van der Waals surface area (Å²) < 4.78 is 8.64. The Bertz CT molecular complexity index is 1870. The minimum absolute atomic E-state index is 0.0149. The molecule has 9 nitrogen and oxygen atoms in total. The maximum Gasteiger partial charge on any atom is 0.272 e. The third kappa shape index (κ3) is 5.59. The third-order valence-electron chi connectivity index (χ3n) is 8.25. The van der Waals surface area contributed by atoms with Crippen molar-refractivity contribution in [3.63, 3.8) is 0 Å². The first kappa shape index (κ1) is 28.4. The quantitative estimate of drug-likeness (QED) is 0.217. The van der Waals surface area contributed by atoms with E-state index in [4.69, 9.17) is 16.2 Å². The molecule has 2 aromatic carbocycles. The zero-order valence-corrected chi connectivity index (χ0v) is 25.0. The maximum atomic E-state index is 13.2. The van der Waals surface area contributed by atoms with Crippen LogP contribution in [0.3, 0.4) is 0 Å². The van der Waals surface area contributed by atoms with Gasteiger partial charge in [0.15, 0.2) is 0 Å². The summed E-state index contributed by atoms with van der Waals surface area (Å²) in [6.45, 7) is 2.51. The molecule has 2 amide bonds. The number of amides is 2. The van der Waals surface area contributed by atoms with Crippen LogP contribution in [0.2, 0.25) is 0 Å². The second kappa shape index (κ2) is 11.9. The van der Waals surface area contributed by atoms with Gasteiger partial charge in [0.25, 0.3) is 5.91 Å². The Morgan fingerprint density at radius 2 is 1.95 bits per heavy atom. The minimum atomic E-state index is -0.215. The van der Waals surface area contributed by atoms with Crippen molar-refractivity contribution in [1.82, 2.24) is 14.5 Å². The summed E-state index contributed by atoms with van der Waals surface area (Å²) in [7, 11) is 3.47. The van der Waals surface area contributed by atoms with Crippen LogP contribution in [-0.4, -0.2) is 53.0 Å². The number of methoxy groups -OCH3 is 1. The monoisotopic (exact) mass is 594 g/mol. The van der Waals surface area contributed by atoms with Crippen molar-refractivity contribution in [2.45, 2.75) is 12.8 Å². The van der Waals surface area contributed by atoms with Crippen LogP contribution in [-0.2, 0) is 11.8 Å². The molecular formula is C33H34N6O3S. The molecule has 43 heavy (non-hydrogen) atoms. The van der Waals surface area contributed by atoms with E-state index in [2.05, 4.69) is 32.7 Å². The van der Waals surface area contributed by atoms with E-state index < -0.39 is 0 Å². The third-order valence-corrected chi connectivity index (χ3v) is 9.28. The van der Waals surface area contributed by atoms with Crippen LogP contribution in [0.5, 0.6) is 5.75 Å². The Morgan fingerprint density at radius 1 is 1.16 bits per heavy atom. The molecule has 1 fully saturated rings. The van der Waals surface area contributed by atoms with Crippen molar-refractivity contribution in [2.75, 3.05) is 37.8 Å². The fourth-order valence-electron chi connectivity index (χ4n) is 5.80. The van der Waals surface area contributed by atoms with E-state index >= 15 is 0 Å². The fourth-order valence-corrected chi connectivity index (χ4v) is 6.88. The Balaban J connectivity index is 1.22. The van der Waals surface area contributed by atoms with E-state index in [0.717, 1.165) is 70.2 Å². The molecule has 0 spiro atoms. The van der Waals surface area contributed by atoms with Gasteiger partial charge in [-0.3, -0.25) is 14.5 Å². The van der Waals surface area contributed by atoms with Gasteiger partial charge < -0.3 is 26.1 Å². The van der Waals surface area contributed by atoms with E-state index in [1.165, 1.54) is 0 Å². The zero-order chi connectivity index (χ0) is 30.1. The van der Waals surface area contributed by atoms with Crippen molar-refractivity contribution < 1.29 is 14.3 Å². The first-order valence-electron chi connectivity index (χ1n) is 14.2. The number of anilines is 2. The van der Waals surface area contributed by atoms with E-state index in [1.54, 1.807) is 24.6 Å². The number of pyridine rings is 1. The standard InChI is InChI=1S/C33H34N6O3S/c1-38-26-8-4-3-6-22(26)16-27(38)33(41)37-25-10-9-21(17-28(25)42-2)24-19-43-30-23(18-36-31(34)29(24)30)7-5-13-39-14-11-20(12-15-39)32(35)40/h3-10,16-20H,11-15H2,1-2H3,(H2,34,36)(H2,35,40)(H,37,41)/b7-5+. The molecule has 0 radical (unpaired) electrons. The van der Waals surface area contributed by atoms with Crippen LogP contribution < -0.4 is 21.5 Å². The van der Waals surface area contributed by atoms with Gasteiger partial charge in [-0.1, -0.05) is 36.4 Å². The van der Waals surface area contributed by atoms with E-state index in [1.807, 2.05) is 60.1 Å². The molecule has 0 atom stereocenters. The zero-order valence-electron chi connectivity index (χ0n) is 24.2. The summed E-state index contributed by atoms with van der Waals surface area (Å²) in [5.74, 6) is 0.583. The number of primary amides is 1. The number of benzene rings is 2. The average molecular weight is 595 g/mol. The van der Waals surface area contributed by atoms with Crippen LogP contribution in [0.4, 0.5) is 11.5 Å². The molecule has 6 rings (SSSR count). The largest absolute Gasteiger partial charge is 0.495 e. The van der Waals surface area contributed by atoms with Crippen LogP contribution >= 0.6 is 11.3 Å². The van der Waals surface area contributed by atoms with Gasteiger partial charge in [0.1, 0.15) is 17.3 Å². The number of nitrogens with one attached hydrogen (secondary N) is 1. The van der Waals surface area contributed by atoms with Crippen molar-refractivity contribution in [1.29, 1.82) is 0 Å². The molecule has 3 aromatic heterocycles. The van der Waals surface area contributed by atoms with Gasteiger partial charge in [-0.05, 0) is 61.1 Å². The number of thiophene rings is 1. The summed E-state index contributed by atoms with van der Waals surface area (Å²) >= 11 is 1.62. The van der Waals surface area contributed by atoms with Gasteiger partial charge in [0.05, 0.1) is 12.8 Å². The van der Waals surface area contributed by atoms with Gasteiger partial charge >= 0.3 is 0 Å². The lowest BCUT2D eigenvalue weighted by molar-refractivity contribution is -0.123. The molecule has 1 aliphatic rings. The number of ether oxygens (including phenoxy) is 1. The SMILES string of the molecule is COc1cc(-c2csc3c(/C=C/CN4CCC(C(N)=O)CC4)cnc(N)c23)ccc1NC(=O)c1cc2ccccc2n1C. The van der Waals surface area contributed by atoms with Crippen LogP contribution in [0, 0.1) is 5.92 Å². The number of rotatable bonds is 8. The van der Waals surface area contributed by atoms with Crippen LogP contribution in [0.15, 0.2) is 66.2 Å². The van der Waals surface area contributed by atoms with Gasteiger partial charge in [0, 0.05) is 57.8 Å². The summed E-state index contributed by atoms with van der Waals surface area (Å²) in [5.41, 5.74) is 16.9. The van der Waals surface area contributed by atoms with Gasteiger partial charge in [0.2, 0.25) is 5.91 Å². The predicted molar refractivity (Wildman–Crippen MR) is 174 cm³/mol. The molecule has 10 heteroatoms. The maximum absolute atomic E-state index is 13.2. The molecule has 4 heterocycles. The van der Waals surface area contributed by atoms with Gasteiger partial charge in [-0.2, -0.15) is 0 Å². The van der Waals surface area contributed by atoms with Crippen molar-refractivity contribution in [2.24, 2.45) is 18.7 Å². The van der Waals surface area contributed by atoms with Gasteiger partial charge in [-0.15, -0.1) is 11.3 Å². The molecule has 0 saturated carbocycles. The molecule has 1 aliphatic heterocycles. The number of piperidine rings is 1.